The lowest BCUT2D eigenvalue weighted by Gasteiger charge is -2.21. The number of ether oxygens (including phenoxy) is 1. The van der Waals surface area contributed by atoms with Gasteiger partial charge in [0.1, 0.15) is 5.75 Å². The third-order valence-corrected chi connectivity index (χ3v) is 4.99. The van der Waals surface area contributed by atoms with E-state index in [2.05, 4.69) is 23.3 Å². The van der Waals surface area contributed by atoms with Crippen molar-refractivity contribution < 1.29 is 9.53 Å². The van der Waals surface area contributed by atoms with Crippen molar-refractivity contribution in [3.8, 4) is 5.75 Å². The number of hydrogen-bond donors (Lipinski definition) is 0. The van der Waals surface area contributed by atoms with Gasteiger partial charge in [0.15, 0.2) is 0 Å². The van der Waals surface area contributed by atoms with Crippen molar-refractivity contribution in [3.63, 3.8) is 0 Å². The SMILES string of the molecule is C=CCN(Cc1cccn1Cc1cccc(OC)c1)C(=O)c1cccs1. The zero-order chi connectivity index (χ0) is 18.4. The molecule has 26 heavy (non-hydrogen) atoms. The number of carbonyl (C=O) groups excluding carboxylic acids is 1. The van der Waals surface area contributed by atoms with Crippen molar-refractivity contribution in [2.75, 3.05) is 13.7 Å². The van der Waals surface area contributed by atoms with Crippen LogP contribution in [0.25, 0.3) is 0 Å². The highest BCUT2D eigenvalue weighted by molar-refractivity contribution is 7.12. The topological polar surface area (TPSA) is 34.5 Å². The van der Waals surface area contributed by atoms with E-state index in [-0.39, 0.29) is 5.91 Å². The number of amides is 1. The van der Waals surface area contributed by atoms with E-state index in [1.807, 2.05) is 52.9 Å². The molecule has 0 aliphatic carbocycles. The van der Waals surface area contributed by atoms with Gasteiger partial charge in [-0.1, -0.05) is 24.3 Å². The Labute approximate surface area is 158 Å². The molecular weight excluding hydrogens is 344 g/mol. The summed E-state index contributed by atoms with van der Waals surface area (Å²) in [4.78, 5) is 15.3. The fraction of sp³-hybridized carbons (Fsp3) is 0.190. The van der Waals surface area contributed by atoms with Crippen LogP contribution in [0.15, 0.2) is 72.8 Å². The van der Waals surface area contributed by atoms with Crippen LogP contribution in [0.1, 0.15) is 20.9 Å². The number of thiophene rings is 1. The van der Waals surface area contributed by atoms with E-state index in [1.54, 1.807) is 13.2 Å². The van der Waals surface area contributed by atoms with Crippen LogP contribution in [0.4, 0.5) is 0 Å². The van der Waals surface area contributed by atoms with Crippen molar-refractivity contribution in [2.45, 2.75) is 13.1 Å². The second-order valence-corrected chi connectivity index (χ2v) is 6.88. The van der Waals surface area contributed by atoms with Crippen LogP contribution in [0, 0.1) is 0 Å². The summed E-state index contributed by atoms with van der Waals surface area (Å²) in [6, 6.07) is 15.9. The Hall–Kier alpha value is -2.79. The molecule has 0 unspecified atom stereocenters. The molecule has 2 aromatic heterocycles. The highest BCUT2D eigenvalue weighted by atomic mass is 32.1. The Balaban J connectivity index is 1.77. The highest BCUT2D eigenvalue weighted by Gasteiger charge is 2.17. The van der Waals surface area contributed by atoms with Gasteiger partial charge in [-0.25, -0.2) is 0 Å². The minimum Gasteiger partial charge on any atom is -0.497 e. The molecule has 0 fully saturated rings. The average Bonchev–Trinajstić information content (AvgIpc) is 3.33. The van der Waals surface area contributed by atoms with Gasteiger partial charge in [0, 0.05) is 25.0 Å². The quantitative estimate of drug-likeness (QED) is 0.553. The third kappa shape index (κ3) is 4.24. The van der Waals surface area contributed by atoms with Crippen LogP contribution >= 0.6 is 11.3 Å². The molecule has 0 bridgehead atoms. The van der Waals surface area contributed by atoms with Crippen molar-refractivity contribution >= 4 is 17.2 Å². The first kappa shape index (κ1) is 18.0. The van der Waals surface area contributed by atoms with Gasteiger partial charge in [0.05, 0.1) is 18.5 Å². The van der Waals surface area contributed by atoms with Gasteiger partial charge < -0.3 is 14.2 Å². The van der Waals surface area contributed by atoms with Crippen LogP contribution in [0.2, 0.25) is 0 Å². The van der Waals surface area contributed by atoms with Gasteiger partial charge in [0.2, 0.25) is 0 Å². The molecule has 0 saturated heterocycles. The fourth-order valence-corrected chi connectivity index (χ4v) is 3.53. The molecule has 2 heterocycles. The first-order chi connectivity index (χ1) is 12.7. The van der Waals surface area contributed by atoms with E-state index in [0.717, 1.165) is 28.4 Å². The molecule has 0 spiro atoms. The second-order valence-electron chi connectivity index (χ2n) is 5.93. The molecule has 4 nitrogen and oxygen atoms in total. The van der Waals surface area contributed by atoms with Gasteiger partial charge in [0.25, 0.3) is 5.91 Å². The van der Waals surface area contributed by atoms with Crippen LogP contribution in [0.5, 0.6) is 5.75 Å². The normalized spacial score (nSPS) is 10.5. The second kappa shape index (κ2) is 8.54. The molecule has 0 saturated carbocycles. The Kier molecular flexibility index (Phi) is 5.92. The average molecular weight is 366 g/mol. The van der Waals surface area contributed by atoms with Crippen LogP contribution < -0.4 is 4.74 Å². The van der Waals surface area contributed by atoms with Gasteiger partial charge >= 0.3 is 0 Å². The van der Waals surface area contributed by atoms with Gasteiger partial charge in [-0.2, -0.15) is 0 Å². The Bertz CT molecular complexity index is 868. The summed E-state index contributed by atoms with van der Waals surface area (Å²) in [7, 11) is 1.67. The van der Waals surface area contributed by atoms with Crippen molar-refractivity contribution in [2.24, 2.45) is 0 Å². The number of carbonyl (C=O) groups is 1. The molecule has 3 rings (SSSR count). The molecule has 5 heteroatoms. The number of hydrogen-bond acceptors (Lipinski definition) is 3. The Morgan fingerprint density at radius 3 is 2.88 bits per heavy atom. The highest BCUT2D eigenvalue weighted by Crippen LogP contribution is 2.18. The van der Waals surface area contributed by atoms with Crippen molar-refractivity contribution in [1.82, 2.24) is 9.47 Å². The van der Waals surface area contributed by atoms with E-state index < -0.39 is 0 Å². The molecule has 0 aliphatic heterocycles. The number of benzene rings is 1. The van der Waals surface area contributed by atoms with Crippen LogP contribution in [-0.4, -0.2) is 29.0 Å². The maximum Gasteiger partial charge on any atom is 0.264 e. The summed E-state index contributed by atoms with van der Waals surface area (Å²) < 4.78 is 7.46. The minimum atomic E-state index is 0.0361. The smallest absolute Gasteiger partial charge is 0.264 e. The molecule has 0 atom stereocenters. The molecule has 134 valence electrons. The molecule has 0 N–H and O–H groups in total. The lowest BCUT2D eigenvalue weighted by atomic mass is 10.2. The molecule has 3 aromatic rings. The lowest BCUT2D eigenvalue weighted by molar-refractivity contribution is 0.0764. The Morgan fingerprint density at radius 1 is 1.27 bits per heavy atom. The van der Waals surface area contributed by atoms with E-state index in [4.69, 9.17) is 4.74 Å². The first-order valence-corrected chi connectivity index (χ1v) is 9.30. The maximum absolute atomic E-state index is 12.7. The van der Waals surface area contributed by atoms with Gasteiger partial charge in [-0.3, -0.25) is 4.79 Å². The lowest BCUT2D eigenvalue weighted by Crippen LogP contribution is -2.31. The maximum atomic E-state index is 12.7. The fourth-order valence-electron chi connectivity index (χ4n) is 2.84. The molecular formula is C21H22N2O2S. The first-order valence-electron chi connectivity index (χ1n) is 8.42. The summed E-state index contributed by atoms with van der Waals surface area (Å²) in [5.74, 6) is 0.881. The number of aromatic nitrogens is 1. The molecule has 1 aromatic carbocycles. The van der Waals surface area contributed by atoms with Crippen molar-refractivity contribution in [1.29, 1.82) is 0 Å². The van der Waals surface area contributed by atoms with E-state index in [0.29, 0.717) is 13.1 Å². The van der Waals surface area contributed by atoms with Crippen molar-refractivity contribution in [3.05, 3.63) is 88.9 Å². The van der Waals surface area contributed by atoms with Gasteiger partial charge in [-0.05, 0) is 41.3 Å². The molecule has 0 aliphatic rings. The molecule has 1 amide bonds. The standard InChI is InChI=1S/C21H22N2O2S/c1-3-11-23(21(24)20-10-6-13-26-20)16-18-8-5-12-22(18)15-17-7-4-9-19(14-17)25-2/h3-10,12-14H,1,11,15-16H2,2H3. The summed E-state index contributed by atoms with van der Waals surface area (Å²) in [6.07, 6.45) is 3.80. The summed E-state index contributed by atoms with van der Waals surface area (Å²) >= 11 is 1.46. The Morgan fingerprint density at radius 2 is 2.15 bits per heavy atom. The predicted octanol–water partition coefficient (Wildman–Crippen LogP) is 4.43. The zero-order valence-electron chi connectivity index (χ0n) is 14.8. The van der Waals surface area contributed by atoms with E-state index in [1.165, 1.54) is 11.3 Å². The van der Waals surface area contributed by atoms with E-state index in [9.17, 15) is 4.79 Å². The summed E-state index contributed by atoms with van der Waals surface area (Å²) in [5, 5.41) is 1.92. The van der Waals surface area contributed by atoms with E-state index >= 15 is 0 Å². The monoisotopic (exact) mass is 366 g/mol. The number of methoxy groups -OCH3 is 1. The largest absolute Gasteiger partial charge is 0.497 e. The zero-order valence-corrected chi connectivity index (χ0v) is 15.6. The minimum absolute atomic E-state index is 0.0361. The summed E-state index contributed by atoms with van der Waals surface area (Å²) in [5.41, 5.74) is 2.24. The van der Waals surface area contributed by atoms with Gasteiger partial charge in [-0.15, -0.1) is 17.9 Å². The molecule has 0 radical (unpaired) electrons. The summed E-state index contributed by atoms with van der Waals surface area (Å²) in [6.45, 7) is 5.58. The third-order valence-electron chi connectivity index (χ3n) is 4.13. The predicted molar refractivity (Wildman–Crippen MR) is 106 cm³/mol. The van der Waals surface area contributed by atoms with Crippen LogP contribution in [-0.2, 0) is 13.1 Å². The van der Waals surface area contributed by atoms with Crippen LogP contribution in [0.3, 0.4) is 0 Å². The number of nitrogens with zero attached hydrogens (tertiary/aromatic N) is 2. The number of rotatable bonds is 8.